The molecule has 0 N–H and O–H groups in total. The number of aromatic nitrogens is 2. The van der Waals surface area contributed by atoms with E-state index in [1.807, 2.05) is 60.5 Å². The Morgan fingerprint density at radius 1 is 0.929 bits per heavy atom. The zero-order valence-electron chi connectivity index (χ0n) is 24.5. The van der Waals surface area contributed by atoms with Gasteiger partial charge < -0.3 is 14.4 Å². The molecule has 0 radical (unpaired) electrons. The summed E-state index contributed by atoms with van der Waals surface area (Å²) in [5.41, 5.74) is 5.81. The number of nitrogens with zero attached hydrogens (tertiary/aromatic N) is 5. The van der Waals surface area contributed by atoms with Gasteiger partial charge >= 0.3 is 0 Å². The Morgan fingerprint density at radius 2 is 1.60 bits per heavy atom. The van der Waals surface area contributed by atoms with Gasteiger partial charge in [0.1, 0.15) is 5.01 Å². The number of para-hydroxylation sites is 1. The van der Waals surface area contributed by atoms with Crippen molar-refractivity contribution < 1.29 is 9.59 Å². The summed E-state index contributed by atoms with van der Waals surface area (Å²) < 4.78 is 2.41. The van der Waals surface area contributed by atoms with Crippen LogP contribution in [0.4, 0.5) is 5.69 Å². The lowest BCUT2D eigenvalue weighted by molar-refractivity contribution is -0.119. The van der Waals surface area contributed by atoms with Crippen molar-refractivity contribution >= 4 is 28.8 Å². The van der Waals surface area contributed by atoms with Crippen LogP contribution in [0.2, 0.25) is 0 Å². The van der Waals surface area contributed by atoms with Crippen LogP contribution >= 0.6 is 11.3 Å². The van der Waals surface area contributed by atoms with Gasteiger partial charge in [-0.25, -0.2) is 4.98 Å². The van der Waals surface area contributed by atoms with Crippen LogP contribution in [0.25, 0.3) is 22.0 Å². The van der Waals surface area contributed by atoms with Crippen molar-refractivity contribution in [3.8, 4) is 22.0 Å². The molecule has 0 atom stereocenters. The normalized spacial score (nSPS) is 16.5. The first-order valence-electron chi connectivity index (χ1n) is 15.1. The molecule has 4 aromatic rings. The fraction of sp³-hybridized carbons (Fsp3) is 0.382. The SMILES string of the molecule is Cc1c(C(=O)N2CCN(CC(=O)N(C)c3ccccc3)CC2)cc(-c2csc(-c3ccccc3)n2)n1C1CCCCC1. The zero-order chi connectivity index (χ0) is 29.1. The molecule has 2 aromatic carbocycles. The van der Waals surface area contributed by atoms with E-state index in [1.54, 1.807) is 16.2 Å². The standard InChI is InChI=1S/C34H39N5O2S/c1-25-29(34(41)38-20-18-37(19-21-38)23-32(40)36(2)27-14-8-4-9-15-27)22-31(39(25)28-16-10-5-11-17-28)30-24-42-33(35-30)26-12-6-3-7-13-26/h3-4,6-9,12-15,22,24,28H,5,10-11,16-21,23H2,1-2H3. The van der Waals surface area contributed by atoms with Crippen LogP contribution in [0.15, 0.2) is 72.1 Å². The number of hydrogen-bond donors (Lipinski definition) is 0. The number of carbonyl (C=O) groups is 2. The summed E-state index contributed by atoms with van der Waals surface area (Å²) >= 11 is 1.65. The summed E-state index contributed by atoms with van der Waals surface area (Å²) in [5.74, 6) is 0.137. The first kappa shape index (κ1) is 28.4. The Hall–Kier alpha value is -3.75. The van der Waals surface area contributed by atoms with Crippen LogP contribution in [0.3, 0.4) is 0 Å². The van der Waals surface area contributed by atoms with E-state index in [0.717, 1.165) is 51.7 Å². The second-order valence-corrected chi connectivity index (χ2v) is 12.3. The Labute approximate surface area is 252 Å². The van der Waals surface area contributed by atoms with Crippen LogP contribution in [0.1, 0.15) is 54.2 Å². The van der Waals surface area contributed by atoms with Gasteiger partial charge in [-0.2, -0.15) is 0 Å². The molecule has 218 valence electrons. The summed E-state index contributed by atoms with van der Waals surface area (Å²) in [6.45, 7) is 5.04. The fourth-order valence-electron chi connectivity index (χ4n) is 6.32. The van der Waals surface area contributed by atoms with Gasteiger partial charge in [-0.05, 0) is 38.0 Å². The predicted molar refractivity (Wildman–Crippen MR) is 170 cm³/mol. The van der Waals surface area contributed by atoms with E-state index in [2.05, 4.69) is 40.0 Å². The number of amides is 2. The number of piperazine rings is 1. The highest BCUT2D eigenvalue weighted by atomic mass is 32.1. The van der Waals surface area contributed by atoms with E-state index in [1.165, 1.54) is 19.3 Å². The second-order valence-electron chi connectivity index (χ2n) is 11.5. The number of rotatable bonds is 7. The molecule has 2 amide bonds. The topological polar surface area (TPSA) is 61.7 Å². The first-order valence-corrected chi connectivity index (χ1v) is 15.9. The highest BCUT2D eigenvalue weighted by molar-refractivity contribution is 7.13. The summed E-state index contributed by atoms with van der Waals surface area (Å²) in [7, 11) is 1.82. The molecule has 7 nitrogen and oxygen atoms in total. The van der Waals surface area contributed by atoms with Crippen LogP contribution in [-0.4, -0.2) is 70.9 Å². The van der Waals surface area contributed by atoms with Gasteiger partial charge in [0.2, 0.25) is 5.91 Å². The third-order valence-electron chi connectivity index (χ3n) is 8.79. The van der Waals surface area contributed by atoms with E-state index in [0.29, 0.717) is 38.8 Å². The number of thiazole rings is 1. The summed E-state index contributed by atoms with van der Waals surface area (Å²) in [6, 6.07) is 22.5. The largest absolute Gasteiger partial charge is 0.340 e. The Bertz CT molecular complexity index is 1520. The zero-order valence-corrected chi connectivity index (χ0v) is 25.4. The molecule has 0 unspecified atom stereocenters. The monoisotopic (exact) mass is 581 g/mol. The van der Waals surface area contributed by atoms with E-state index in [9.17, 15) is 9.59 Å². The average molecular weight is 582 g/mol. The van der Waals surface area contributed by atoms with Gasteiger partial charge in [-0.15, -0.1) is 11.3 Å². The fourth-order valence-corrected chi connectivity index (χ4v) is 7.14. The number of likely N-dealkylation sites (N-methyl/N-ethyl adjacent to an activating group) is 1. The smallest absolute Gasteiger partial charge is 0.255 e. The average Bonchev–Trinajstić information content (AvgIpc) is 3.67. The maximum absolute atomic E-state index is 14.0. The second kappa shape index (κ2) is 12.6. The highest BCUT2D eigenvalue weighted by Crippen LogP contribution is 2.38. The Kier molecular flexibility index (Phi) is 8.53. The summed E-state index contributed by atoms with van der Waals surface area (Å²) in [5, 5.41) is 3.13. The molecule has 8 heteroatoms. The van der Waals surface area contributed by atoms with Gasteiger partial charge in [0.25, 0.3) is 5.91 Å². The molecule has 2 aliphatic rings. The quantitative estimate of drug-likeness (QED) is 0.250. The Morgan fingerprint density at radius 3 is 2.29 bits per heavy atom. The highest BCUT2D eigenvalue weighted by Gasteiger charge is 2.30. The lowest BCUT2D eigenvalue weighted by atomic mass is 9.95. The molecule has 0 spiro atoms. The molecule has 1 aliphatic heterocycles. The number of carbonyl (C=O) groups excluding carboxylic acids is 2. The number of hydrogen-bond acceptors (Lipinski definition) is 5. The van der Waals surface area contributed by atoms with Crippen molar-refractivity contribution in [2.45, 2.75) is 45.1 Å². The molecule has 2 aromatic heterocycles. The van der Waals surface area contributed by atoms with Gasteiger partial charge in [-0.3, -0.25) is 14.5 Å². The molecule has 3 heterocycles. The molecule has 2 fully saturated rings. The summed E-state index contributed by atoms with van der Waals surface area (Å²) in [4.78, 5) is 37.7. The molecular weight excluding hydrogens is 542 g/mol. The van der Waals surface area contributed by atoms with Crippen LogP contribution < -0.4 is 4.90 Å². The first-order chi connectivity index (χ1) is 20.5. The minimum absolute atomic E-state index is 0.0594. The maximum atomic E-state index is 14.0. The van der Waals surface area contributed by atoms with E-state index >= 15 is 0 Å². The van der Waals surface area contributed by atoms with Crippen molar-refractivity contribution in [2.75, 3.05) is 44.7 Å². The third kappa shape index (κ3) is 5.92. The molecule has 0 bridgehead atoms. The van der Waals surface area contributed by atoms with Gasteiger partial charge in [-0.1, -0.05) is 67.8 Å². The van der Waals surface area contributed by atoms with Crippen LogP contribution in [0.5, 0.6) is 0 Å². The van der Waals surface area contributed by atoms with E-state index < -0.39 is 0 Å². The predicted octanol–water partition coefficient (Wildman–Crippen LogP) is 6.51. The molecule has 1 saturated heterocycles. The molecule has 1 aliphatic carbocycles. The van der Waals surface area contributed by atoms with Crippen LogP contribution in [0, 0.1) is 6.92 Å². The Balaban J connectivity index is 1.19. The molecule has 42 heavy (non-hydrogen) atoms. The van der Waals surface area contributed by atoms with Crippen molar-refractivity contribution in [3.63, 3.8) is 0 Å². The van der Waals surface area contributed by atoms with Crippen LogP contribution in [-0.2, 0) is 4.79 Å². The van der Waals surface area contributed by atoms with Crippen molar-refractivity contribution in [1.29, 1.82) is 0 Å². The third-order valence-corrected chi connectivity index (χ3v) is 9.68. The lowest BCUT2D eigenvalue weighted by Gasteiger charge is -2.35. The molecule has 1 saturated carbocycles. The van der Waals surface area contributed by atoms with E-state index in [-0.39, 0.29) is 11.8 Å². The molecule has 6 rings (SSSR count). The minimum atomic E-state index is 0.0594. The number of anilines is 1. The van der Waals surface area contributed by atoms with Crippen molar-refractivity contribution in [2.24, 2.45) is 0 Å². The van der Waals surface area contributed by atoms with Crippen molar-refractivity contribution in [3.05, 3.63) is 83.4 Å². The van der Waals surface area contributed by atoms with Gasteiger partial charge in [0, 0.05) is 61.6 Å². The summed E-state index contributed by atoms with van der Waals surface area (Å²) in [6.07, 6.45) is 5.99. The maximum Gasteiger partial charge on any atom is 0.255 e. The van der Waals surface area contributed by atoms with Crippen molar-refractivity contribution in [1.82, 2.24) is 19.4 Å². The van der Waals surface area contributed by atoms with Gasteiger partial charge in [0.15, 0.2) is 0 Å². The number of benzene rings is 2. The van der Waals surface area contributed by atoms with Gasteiger partial charge in [0.05, 0.1) is 23.5 Å². The minimum Gasteiger partial charge on any atom is -0.340 e. The lowest BCUT2D eigenvalue weighted by Crippen LogP contribution is -2.51. The molecular formula is C34H39N5O2S. The van der Waals surface area contributed by atoms with E-state index in [4.69, 9.17) is 4.98 Å².